The molecular formula is C30H27N5O5S. The smallest absolute Gasteiger partial charge is 0.331 e. The van der Waals surface area contributed by atoms with Gasteiger partial charge in [0, 0.05) is 26.4 Å². The van der Waals surface area contributed by atoms with Crippen molar-refractivity contribution < 1.29 is 23.9 Å². The highest BCUT2D eigenvalue weighted by atomic mass is 32.1. The summed E-state index contributed by atoms with van der Waals surface area (Å²) in [5.41, 5.74) is 2.56. The van der Waals surface area contributed by atoms with Crippen LogP contribution in [0.5, 0.6) is 11.5 Å². The van der Waals surface area contributed by atoms with E-state index in [1.807, 2.05) is 55.5 Å². The van der Waals surface area contributed by atoms with Gasteiger partial charge in [0.2, 0.25) is 5.91 Å². The van der Waals surface area contributed by atoms with Gasteiger partial charge < -0.3 is 25.0 Å². The summed E-state index contributed by atoms with van der Waals surface area (Å²) in [7, 11) is 1.54. The molecule has 2 aliphatic rings. The fourth-order valence-corrected chi connectivity index (χ4v) is 6.27. The zero-order chi connectivity index (χ0) is 28.7. The Hall–Kier alpha value is -4.74. The normalized spacial score (nSPS) is 17.9. The molecular weight excluding hydrogens is 542 g/mol. The molecule has 2 aliphatic heterocycles. The standard InChI is InChI=1S/C30H27N5O5S/c1-4-24(36)34-15-20(23(16-34)39-3)32-28(37)27-26-25-22(12-13-31-29(25)41-27)35(30(38)33-26)21-11-10-19(14-17(21)2)40-18-8-6-5-7-9-18/h4-14,20,23H,1,15-16H2,2-3H3,(H,32,37)(H,33,38)/t20-,23+/m0/s1. The van der Waals surface area contributed by atoms with E-state index in [1.54, 1.807) is 29.2 Å². The van der Waals surface area contributed by atoms with Crippen LogP contribution in [-0.4, -0.2) is 60.1 Å². The van der Waals surface area contributed by atoms with Crippen LogP contribution < -0.4 is 20.3 Å². The molecule has 2 aromatic heterocycles. The second-order valence-electron chi connectivity index (χ2n) is 9.75. The number of nitrogens with one attached hydrogen (secondary N) is 2. The number of likely N-dealkylation sites (tertiary alicyclic amines) is 1. The molecule has 1 fully saturated rings. The van der Waals surface area contributed by atoms with Gasteiger partial charge in [-0.2, -0.15) is 0 Å². The molecule has 208 valence electrons. The average molecular weight is 570 g/mol. The number of carbonyl (C=O) groups is 3. The Labute approximate surface area is 240 Å². The Bertz CT molecular complexity index is 1690. The Morgan fingerprint density at radius 3 is 2.66 bits per heavy atom. The van der Waals surface area contributed by atoms with E-state index in [1.165, 1.54) is 17.4 Å². The maximum absolute atomic E-state index is 13.6. The van der Waals surface area contributed by atoms with Gasteiger partial charge in [0.15, 0.2) is 0 Å². The molecule has 41 heavy (non-hydrogen) atoms. The summed E-state index contributed by atoms with van der Waals surface area (Å²) >= 11 is 1.20. The lowest BCUT2D eigenvalue weighted by atomic mass is 10.1. The van der Waals surface area contributed by atoms with Crippen molar-refractivity contribution in [2.45, 2.75) is 19.1 Å². The van der Waals surface area contributed by atoms with Crippen LogP contribution in [0.3, 0.4) is 0 Å². The number of aryl methyl sites for hydroxylation is 1. The van der Waals surface area contributed by atoms with E-state index >= 15 is 0 Å². The van der Waals surface area contributed by atoms with Crippen LogP contribution in [0.15, 0.2) is 73.4 Å². The van der Waals surface area contributed by atoms with Crippen molar-refractivity contribution in [2.24, 2.45) is 0 Å². The van der Waals surface area contributed by atoms with Gasteiger partial charge in [-0.25, -0.2) is 9.78 Å². The van der Waals surface area contributed by atoms with Crippen LogP contribution >= 0.6 is 11.3 Å². The number of nitrogens with zero attached hydrogens (tertiary/aromatic N) is 3. The lowest BCUT2D eigenvalue weighted by Crippen LogP contribution is -2.44. The number of thiophene rings is 1. The molecule has 0 saturated carbocycles. The van der Waals surface area contributed by atoms with Gasteiger partial charge in [-0.3, -0.25) is 14.5 Å². The van der Waals surface area contributed by atoms with E-state index in [2.05, 4.69) is 22.2 Å². The number of methoxy groups -OCH3 is 1. The maximum atomic E-state index is 13.6. The first-order chi connectivity index (χ1) is 19.9. The fourth-order valence-electron chi connectivity index (χ4n) is 5.24. The molecule has 11 heteroatoms. The monoisotopic (exact) mass is 569 g/mol. The first-order valence-corrected chi connectivity index (χ1v) is 13.8. The molecule has 4 heterocycles. The van der Waals surface area contributed by atoms with E-state index in [9.17, 15) is 14.4 Å². The van der Waals surface area contributed by atoms with Crippen molar-refractivity contribution in [3.63, 3.8) is 0 Å². The molecule has 0 spiro atoms. The largest absolute Gasteiger partial charge is 0.457 e. The van der Waals surface area contributed by atoms with Crippen molar-refractivity contribution in [3.05, 3.63) is 83.9 Å². The summed E-state index contributed by atoms with van der Waals surface area (Å²) in [6.45, 7) is 6.09. The van der Waals surface area contributed by atoms with E-state index in [-0.39, 0.29) is 17.9 Å². The second kappa shape index (κ2) is 10.7. The van der Waals surface area contributed by atoms with Gasteiger partial charge in [-0.05, 0) is 55.0 Å². The summed E-state index contributed by atoms with van der Waals surface area (Å²) in [5, 5.41) is 6.60. The molecule has 2 N–H and O–H groups in total. The van der Waals surface area contributed by atoms with Crippen molar-refractivity contribution in [2.75, 3.05) is 30.4 Å². The minimum Gasteiger partial charge on any atom is -0.457 e. The molecule has 4 amide bonds. The SMILES string of the molecule is C=CC(=O)N1C[C@H](NC(=O)c2sc3nccc4c3c2NC(=O)N4c2ccc(Oc3ccccc3)cc2C)[C@H](OC)C1. The summed E-state index contributed by atoms with van der Waals surface area (Å²) < 4.78 is 11.5. The molecule has 2 atom stereocenters. The molecule has 0 unspecified atom stereocenters. The lowest BCUT2D eigenvalue weighted by Gasteiger charge is -2.29. The van der Waals surface area contributed by atoms with E-state index in [0.717, 1.165) is 11.3 Å². The highest BCUT2D eigenvalue weighted by molar-refractivity contribution is 7.21. The zero-order valence-corrected chi connectivity index (χ0v) is 23.2. The summed E-state index contributed by atoms with van der Waals surface area (Å²) in [6.07, 6.45) is 2.50. The highest BCUT2D eigenvalue weighted by Gasteiger charge is 2.38. The van der Waals surface area contributed by atoms with Crippen LogP contribution in [0, 0.1) is 6.92 Å². The number of ether oxygens (including phenoxy) is 2. The van der Waals surface area contributed by atoms with E-state index < -0.39 is 12.1 Å². The summed E-state index contributed by atoms with van der Waals surface area (Å²) in [4.78, 5) is 47.8. The third kappa shape index (κ3) is 4.79. The van der Waals surface area contributed by atoms with Crippen molar-refractivity contribution in [1.82, 2.24) is 15.2 Å². The zero-order valence-electron chi connectivity index (χ0n) is 22.4. The third-order valence-electron chi connectivity index (χ3n) is 7.21. The number of pyridine rings is 1. The number of hydrogen-bond donors (Lipinski definition) is 2. The van der Waals surface area contributed by atoms with Gasteiger partial charge in [0.1, 0.15) is 21.2 Å². The van der Waals surface area contributed by atoms with Gasteiger partial charge in [0.25, 0.3) is 5.91 Å². The van der Waals surface area contributed by atoms with E-state index in [0.29, 0.717) is 51.0 Å². The Balaban J connectivity index is 1.30. The van der Waals surface area contributed by atoms with Crippen LogP contribution in [0.1, 0.15) is 15.2 Å². The van der Waals surface area contributed by atoms with E-state index in [4.69, 9.17) is 9.47 Å². The quantitative estimate of drug-likeness (QED) is 0.295. The van der Waals surface area contributed by atoms with Crippen LogP contribution in [0.2, 0.25) is 0 Å². The Kier molecular flexibility index (Phi) is 6.90. The van der Waals surface area contributed by atoms with Gasteiger partial charge in [0.05, 0.1) is 34.6 Å². The predicted molar refractivity (Wildman–Crippen MR) is 157 cm³/mol. The number of rotatable bonds is 7. The number of urea groups is 1. The average Bonchev–Trinajstić information content (AvgIpc) is 3.56. The molecule has 1 saturated heterocycles. The van der Waals surface area contributed by atoms with Crippen molar-refractivity contribution in [1.29, 1.82) is 0 Å². The van der Waals surface area contributed by atoms with Crippen LogP contribution in [-0.2, 0) is 9.53 Å². The molecule has 0 bridgehead atoms. The number of amides is 4. The minimum absolute atomic E-state index is 0.225. The molecule has 4 aromatic rings. The molecule has 10 nitrogen and oxygen atoms in total. The molecule has 0 aliphatic carbocycles. The van der Waals surface area contributed by atoms with Gasteiger partial charge in [-0.15, -0.1) is 11.3 Å². The number of hydrogen-bond acceptors (Lipinski definition) is 7. The first-order valence-electron chi connectivity index (χ1n) is 13.0. The molecule has 2 aromatic carbocycles. The molecule has 6 rings (SSSR count). The minimum atomic E-state index is -0.420. The highest BCUT2D eigenvalue weighted by Crippen LogP contribution is 2.46. The number of anilines is 3. The maximum Gasteiger partial charge on any atom is 0.331 e. The summed E-state index contributed by atoms with van der Waals surface area (Å²) in [6, 6.07) is 16.0. The predicted octanol–water partition coefficient (Wildman–Crippen LogP) is 5.22. The number of benzene rings is 2. The second-order valence-corrected chi connectivity index (χ2v) is 10.7. The van der Waals surface area contributed by atoms with Crippen LogP contribution in [0.4, 0.5) is 21.9 Å². The Morgan fingerprint density at radius 2 is 1.93 bits per heavy atom. The first kappa shape index (κ1) is 26.5. The lowest BCUT2D eigenvalue weighted by molar-refractivity contribution is -0.125. The number of para-hydroxylation sites is 1. The van der Waals surface area contributed by atoms with Gasteiger partial charge >= 0.3 is 6.03 Å². The number of carbonyl (C=O) groups excluding carboxylic acids is 3. The fraction of sp³-hybridized carbons (Fsp3) is 0.200. The Morgan fingerprint density at radius 1 is 1.12 bits per heavy atom. The third-order valence-corrected chi connectivity index (χ3v) is 8.31. The van der Waals surface area contributed by atoms with Crippen LogP contribution in [0.25, 0.3) is 10.2 Å². The van der Waals surface area contributed by atoms with Crippen molar-refractivity contribution in [3.8, 4) is 11.5 Å². The topological polar surface area (TPSA) is 113 Å². The summed E-state index contributed by atoms with van der Waals surface area (Å²) in [5.74, 6) is 0.770. The van der Waals surface area contributed by atoms with Gasteiger partial charge in [-0.1, -0.05) is 24.8 Å². The number of aromatic nitrogens is 1. The van der Waals surface area contributed by atoms with Crippen molar-refractivity contribution >= 4 is 56.5 Å². The molecule has 0 radical (unpaired) electrons.